The third kappa shape index (κ3) is 3.97. The summed E-state index contributed by atoms with van der Waals surface area (Å²) in [4.78, 5) is 17.6. The van der Waals surface area contributed by atoms with Gasteiger partial charge < -0.3 is 14.5 Å². The Morgan fingerprint density at radius 3 is 2.66 bits per heavy atom. The summed E-state index contributed by atoms with van der Waals surface area (Å²) in [6, 6.07) is 21.6. The highest BCUT2D eigenvalue weighted by Crippen LogP contribution is 2.37. The third-order valence-corrected chi connectivity index (χ3v) is 7.23. The number of methoxy groups -OCH3 is 1. The summed E-state index contributed by atoms with van der Waals surface area (Å²) in [6.45, 7) is 1.87. The monoisotopic (exact) mass is 460 g/mol. The number of carbonyl (C=O) groups excluding carboxylic acids is 1. The Hall–Kier alpha value is -3.29. The van der Waals surface area contributed by atoms with E-state index >= 15 is 0 Å². The van der Waals surface area contributed by atoms with Crippen molar-refractivity contribution in [2.45, 2.75) is 16.5 Å². The first-order chi connectivity index (χ1) is 15.6. The SMILES string of the molecule is COc1cc2c(cc1NC(=O)C(C)Sc1nc(-c3ccccc3)cs1)oc1ccccc12. The van der Waals surface area contributed by atoms with E-state index in [0.717, 1.165) is 32.0 Å². The predicted molar refractivity (Wildman–Crippen MR) is 132 cm³/mol. The Bertz CT molecular complexity index is 1410. The number of amides is 1. The second-order valence-corrected chi connectivity index (χ2v) is 9.71. The molecular formula is C25H20N2O3S2. The van der Waals surface area contributed by atoms with E-state index in [1.165, 1.54) is 11.8 Å². The Balaban J connectivity index is 1.35. The number of aromatic nitrogens is 1. The van der Waals surface area contributed by atoms with E-state index in [4.69, 9.17) is 9.15 Å². The minimum Gasteiger partial charge on any atom is -0.495 e. The van der Waals surface area contributed by atoms with Crippen LogP contribution in [0.3, 0.4) is 0 Å². The van der Waals surface area contributed by atoms with E-state index in [1.54, 1.807) is 18.4 Å². The molecule has 160 valence electrons. The summed E-state index contributed by atoms with van der Waals surface area (Å²) in [6.07, 6.45) is 0. The van der Waals surface area contributed by atoms with E-state index in [-0.39, 0.29) is 11.2 Å². The topological polar surface area (TPSA) is 64.4 Å². The van der Waals surface area contributed by atoms with Crippen LogP contribution in [0.2, 0.25) is 0 Å². The van der Waals surface area contributed by atoms with Crippen molar-refractivity contribution >= 4 is 56.6 Å². The molecule has 1 N–H and O–H groups in total. The Morgan fingerprint density at radius 1 is 1.06 bits per heavy atom. The Labute approximate surface area is 193 Å². The van der Waals surface area contributed by atoms with Crippen molar-refractivity contribution in [2.24, 2.45) is 0 Å². The largest absolute Gasteiger partial charge is 0.495 e. The highest BCUT2D eigenvalue weighted by molar-refractivity contribution is 8.02. The molecule has 5 rings (SSSR count). The normalized spacial score (nSPS) is 12.2. The van der Waals surface area contributed by atoms with Crippen LogP contribution in [0.25, 0.3) is 33.2 Å². The lowest BCUT2D eigenvalue weighted by Crippen LogP contribution is -2.22. The van der Waals surface area contributed by atoms with Gasteiger partial charge in [0.25, 0.3) is 0 Å². The zero-order valence-electron chi connectivity index (χ0n) is 17.5. The van der Waals surface area contributed by atoms with Gasteiger partial charge in [-0.25, -0.2) is 4.98 Å². The molecule has 0 fully saturated rings. The summed E-state index contributed by atoms with van der Waals surface area (Å²) in [5.74, 6) is 0.468. The molecule has 3 aromatic carbocycles. The molecule has 0 radical (unpaired) electrons. The summed E-state index contributed by atoms with van der Waals surface area (Å²) in [5, 5.41) is 6.64. The third-order valence-electron chi connectivity index (χ3n) is 5.16. The number of thiazole rings is 1. The molecule has 1 amide bonds. The lowest BCUT2D eigenvalue weighted by Gasteiger charge is -2.13. The predicted octanol–water partition coefficient (Wildman–Crippen LogP) is 6.84. The maximum atomic E-state index is 12.9. The zero-order chi connectivity index (χ0) is 22.1. The number of rotatable bonds is 6. The molecule has 5 aromatic rings. The van der Waals surface area contributed by atoms with E-state index in [1.807, 2.05) is 79.0 Å². The fraction of sp³-hybridized carbons (Fsp3) is 0.120. The number of para-hydroxylation sites is 1. The molecule has 0 bridgehead atoms. The number of ether oxygens (including phenoxy) is 1. The number of furan rings is 1. The van der Waals surface area contributed by atoms with Crippen molar-refractivity contribution in [1.82, 2.24) is 4.98 Å². The summed E-state index contributed by atoms with van der Waals surface area (Å²) >= 11 is 2.98. The second-order valence-electron chi connectivity index (χ2n) is 7.26. The molecule has 0 aliphatic rings. The molecule has 0 aliphatic heterocycles. The van der Waals surface area contributed by atoms with Gasteiger partial charge in [-0.3, -0.25) is 4.79 Å². The van der Waals surface area contributed by atoms with Gasteiger partial charge in [0.05, 0.1) is 23.7 Å². The maximum Gasteiger partial charge on any atom is 0.237 e. The fourth-order valence-corrected chi connectivity index (χ4v) is 5.48. The maximum absolute atomic E-state index is 12.9. The van der Waals surface area contributed by atoms with Gasteiger partial charge in [0, 0.05) is 27.8 Å². The van der Waals surface area contributed by atoms with Gasteiger partial charge in [0.15, 0.2) is 4.34 Å². The molecule has 1 unspecified atom stereocenters. The number of thioether (sulfide) groups is 1. The minimum atomic E-state index is -0.333. The average Bonchev–Trinajstić information content (AvgIpc) is 3.43. The van der Waals surface area contributed by atoms with Gasteiger partial charge in [-0.1, -0.05) is 60.3 Å². The number of hydrogen-bond donors (Lipinski definition) is 1. The standard InChI is InChI=1S/C25H20N2O3S2/c1-15(32-25-27-20(14-31-25)16-8-4-3-5-9-16)24(28)26-19-13-22-18(12-23(19)29-2)17-10-6-7-11-21(17)30-22/h3-15H,1-2H3,(H,26,28). The van der Waals surface area contributed by atoms with Gasteiger partial charge in [-0.05, 0) is 19.1 Å². The highest BCUT2D eigenvalue weighted by Gasteiger charge is 2.20. The molecule has 0 spiro atoms. The highest BCUT2D eigenvalue weighted by atomic mass is 32.2. The van der Waals surface area contributed by atoms with E-state index in [9.17, 15) is 4.79 Å². The van der Waals surface area contributed by atoms with E-state index in [0.29, 0.717) is 17.0 Å². The smallest absolute Gasteiger partial charge is 0.237 e. The number of carbonyl (C=O) groups is 1. The van der Waals surface area contributed by atoms with Crippen LogP contribution in [-0.2, 0) is 4.79 Å². The molecule has 2 heterocycles. The quantitative estimate of drug-likeness (QED) is 0.281. The van der Waals surface area contributed by atoms with Crippen LogP contribution >= 0.6 is 23.1 Å². The lowest BCUT2D eigenvalue weighted by molar-refractivity contribution is -0.115. The number of benzene rings is 3. The summed E-state index contributed by atoms with van der Waals surface area (Å²) in [7, 11) is 1.60. The van der Waals surface area contributed by atoms with Crippen molar-refractivity contribution < 1.29 is 13.9 Å². The molecule has 2 aromatic heterocycles. The van der Waals surface area contributed by atoms with Crippen molar-refractivity contribution in [3.63, 3.8) is 0 Å². The summed E-state index contributed by atoms with van der Waals surface area (Å²) < 4.78 is 12.4. The van der Waals surface area contributed by atoms with Crippen molar-refractivity contribution in [3.8, 4) is 17.0 Å². The number of nitrogens with zero attached hydrogens (tertiary/aromatic N) is 1. The fourth-order valence-electron chi connectivity index (χ4n) is 3.51. The molecular weight excluding hydrogens is 440 g/mol. The number of fused-ring (bicyclic) bond motifs is 3. The minimum absolute atomic E-state index is 0.125. The molecule has 32 heavy (non-hydrogen) atoms. The van der Waals surface area contributed by atoms with Crippen LogP contribution in [0.1, 0.15) is 6.92 Å². The average molecular weight is 461 g/mol. The zero-order valence-corrected chi connectivity index (χ0v) is 19.1. The molecule has 7 heteroatoms. The van der Waals surface area contributed by atoms with Crippen LogP contribution in [0.15, 0.2) is 80.9 Å². The number of nitrogens with one attached hydrogen (secondary N) is 1. The van der Waals surface area contributed by atoms with Gasteiger partial charge >= 0.3 is 0 Å². The van der Waals surface area contributed by atoms with Gasteiger partial charge in [0.2, 0.25) is 5.91 Å². The molecule has 5 nitrogen and oxygen atoms in total. The van der Waals surface area contributed by atoms with Crippen molar-refractivity contribution in [1.29, 1.82) is 0 Å². The first kappa shape index (κ1) is 20.6. The van der Waals surface area contributed by atoms with Crippen molar-refractivity contribution in [3.05, 3.63) is 72.1 Å². The van der Waals surface area contributed by atoms with E-state index in [2.05, 4.69) is 10.3 Å². The molecule has 0 saturated heterocycles. The van der Waals surface area contributed by atoms with Crippen LogP contribution < -0.4 is 10.1 Å². The van der Waals surface area contributed by atoms with E-state index < -0.39 is 0 Å². The lowest BCUT2D eigenvalue weighted by atomic mass is 10.1. The van der Waals surface area contributed by atoms with Crippen molar-refractivity contribution in [2.75, 3.05) is 12.4 Å². The van der Waals surface area contributed by atoms with Gasteiger partial charge in [-0.15, -0.1) is 11.3 Å². The summed E-state index contributed by atoms with van der Waals surface area (Å²) in [5.41, 5.74) is 4.07. The van der Waals surface area contributed by atoms with Gasteiger partial charge in [-0.2, -0.15) is 0 Å². The molecule has 0 saturated carbocycles. The number of hydrogen-bond acceptors (Lipinski definition) is 6. The Morgan fingerprint density at radius 2 is 1.84 bits per heavy atom. The van der Waals surface area contributed by atoms with Crippen LogP contribution in [0.4, 0.5) is 5.69 Å². The molecule has 1 atom stereocenters. The number of anilines is 1. The second kappa shape index (κ2) is 8.68. The van der Waals surface area contributed by atoms with Crippen LogP contribution in [-0.4, -0.2) is 23.3 Å². The first-order valence-corrected chi connectivity index (χ1v) is 11.9. The van der Waals surface area contributed by atoms with Crippen LogP contribution in [0.5, 0.6) is 5.75 Å². The van der Waals surface area contributed by atoms with Crippen LogP contribution in [0, 0.1) is 0 Å². The Kier molecular flexibility index (Phi) is 5.59. The van der Waals surface area contributed by atoms with Gasteiger partial charge in [0.1, 0.15) is 16.9 Å². The molecule has 0 aliphatic carbocycles. The first-order valence-electron chi connectivity index (χ1n) is 10.1.